The minimum absolute atomic E-state index is 0.0990. The van der Waals surface area contributed by atoms with Gasteiger partial charge in [-0.15, -0.1) is 0 Å². The van der Waals surface area contributed by atoms with Gasteiger partial charge in [-0.1, -0.05) is 6.07 Å². The van der Waals surface area contributed by atoms with Crippen molar-refractivity contribution in [2.24, 2.45) is 0 Å². The number of nitrogens with zero attached hydrogens (tertiary/aromatic N) is 2. The second-order valence-corrected chi connectivity index (χ2v) is 9.94. The van der Waals surface area contributed by atoms with Crippen LogP contribution < -0.4 is 15.0 Å². The molecule has 0 bridgehead atoms. The largest absolute Gasteiger partial charge is 0.489 e. The molecule has 7 nitrogen and oxygen atoms in total. The fraction of sp³-hybridized carbons (Fsp3) is 0.500. The van der Waals surface area contributed by atoms with E-state index in [2.05, 4.69) is 16.4 Å². The normalized spacial score (nSPS) is 20.7. The lowest BCUT2D eigenvalue weighted by Gasteiger charge is -2.30. The number of benzene rings is 1. The average Bonchev–Trinajstić information content (AvgIpc) is 2.76. The van der Waals surface area contributed by atoms with E-state index >= 15 is 0 Å². The minimum Gasteiger partial charge on any atom is -0.489 e. The minimum atomic E-state index is -0.492. The molecule has 2 heterocycles. The Balaban J connectivity index is 1.35. The van der Waals surface area contributed by atoms with E-state index in [0.29, 0.717) is 6.42 Å². The van der Waals surface area contributed by atoms with Gasteiger partial charge in [0, 0.05) is 37.0 Å². The molecule has 1 aromatic heterocycles. The van der Waals surface area contributed by atoms with E-state index in [9.17, 15) is 9.59 Å². The number of aryl methyl sites for hydroxylation is 1. The summed E-state index contributed by atoms with van der Waals surface area (Å²) in [5.41, 5.74) is 3.73. The molecule has 4 rings (SSSR count). The summed E-state index contributed by atoms with van der Waals surface area (Å²) < 4.78 is 11.6. The molecule has 0 unspecified atom stereocenters. The standard InChI is InChI=1S/C26H33N3O4/c1-26(2,3)33-25(31)28-20-7-9-21(10-8-20)32-22-14-19(15-27-16-22)17-5-11-23-18(13-17)6-12-24(30)29(23)4/h5,11,13-16,20-21H,6-10,12H2,1-4H3,(H,28,31)/t20-,21-. The van der Waals surface area contributed by atoms with Crippen LogP contribution in [0, 0.1) is 0 Å². The maximum Gasteiger partial charge on any atom is 0.407 e. The van der Waals surface area contributed by atoms with E-state index in [0.717, 1.165) is 54.7 Å². The number of rotatable bonds is 4. The van der Waals surface area contributed by atoms with Crippen LogP contribution in [0.4, 0.5) is 10.5 Å². The molecule has 1 aromatic carbocycles. The Labute approximate surface area is 195 Å². The molecule has 1 fully saturated rings. The van der Waals surface area contributed by atoms with Crippen LogP contribution in [0.2, 0.25) is 0 Å². The predicted octanol–water partition coefficient (Wildman–Crippen LogP) is 4.87. The molecule has 1 N–H and O–H groups in total. The van der Waals surface area contributed by atoms with Crippen LogP contribution in [0.1, 0.15) is 58.4 Å². The van der Waals surface area contributed by atoms with Gasteiger partial charge in [0.15, 0.2) is 0 Å². The van der Waals surface area contributed by atoms with Crippen molar-refractivity contribution in [2.45, 2.75) is 77.0 Å². The first kappa shape index (κ1) is 23.1. The van der Waals surface area contributed by atoms with E-state index in [1.165, 1.54) is 5.56 Å². The summed E-state index contributed by atoms with van der Waals surface area (Å²) in [6.45, 7) is 5.59. The van der Waals surface area contributed by atoms with Gasteiger partial charge in [-0.25, -0.2) is 4.79 Å². The van der Waals surface area contributed by atoms with Gasteiger partial charge in [0.2, 0.25) is 5.91 Å². The summed E-state index contributed by atoms with van der Waals surface area (Å²) in [5.74, 6) is 0.907. The van der Waals surface area contributed by atoms with Crippen molar-refractivity contribution < 1.29 is 19.1 Å². The number of nitrogens with one attached hydrogen (secondary N) is 1. The maximum absolute atomic E-state index is 12.0. The molecule has 1 aliphatic carbocycles. The van der Waals surface area contributed by atoms with Gasteiger partial charge < -0.3 is 19.7 Å². The Hall–Kier alpha value is -3.09. The molecule has 0 radical (unpaired) electrons. The van der Waals surface area contributed by atoms with Crippen LogP contribution in [0.15, 0.2) is 36.7 Å². The first-order chi connectivity index (χ1) is 15.7. The number of carbonyl (C=O) groups is 2. The zero-order valence-corrected chi connectivity index (χ0v) is 19.9. The summed E-state index contributed by atoms with van der Waals surface area (Å²) >= 11 is 0. The van der Waals surface area contributed by atoms with Crippen molar-refractivity contribution in [3.63, 3.8) is 0 Å². The van der Waals surface area contributed by atoms with Gasteiger partial charge in [0.25, 0.3) is 0 Å². The lowest BCUT2D eigenvalue weighted by atomic mass is 9.93. The van der Waals surface area contributed by atoms with Crippen LogP contribution in [-0.2, 0) is 16.0 Å². The number of hydrogen-bond acceptors (Lipinski definition) is 5. The van der Waals surface area contributed by atoms with Crippen LogP contribution >= 0.6 is 0 Å². The Morgan fingerprint density at radius 3 is 2.55 bits per heavy atom. The molecule has 2 aromatic rings. The fourth-order valence-electron chi connectivity index (χ4n) is 4.47. The highest BCUT2D eigenvalue weighted by Crippen LogP contribution is 2.33. The van der Waals surface area contributed by atoms with Crippen molar-refractivity contribution in [3.05, 3.63) is 42.2 Å². The lowest BCUT2D eigenvalue weighted by Crippen LogP contribution is -2.42. The first-order valence-corrected chi connectivity index (χ1v) is 11.7. The van der Waals surface area contributed by atoms with E-state index in [1.54, 1.807) is 11.1 Å². The van der Waals surface area contributed by atoms with Gasteiger partial charge in [-0.05, 0) is 82.2 Å². The molecule has 0 spiro atoms. The number of hydrogen-bond donors (Lipinski definition) is 1. The molecule has 7 heteroatoms. The van der Waals surface area contributed by atoms with Crippen LogP contribution in [0.3, 0.4) is 0 Å². The summed E-state index contributed by atoms with van der Waals surface area (Å²) in [4.78, 5) is 30.1. The van der Waals surface area contributed by atoms with Gasteiger partial charge in [-0.3, -0.25) is 9.78 Å². The van der Waals surface area contributed by atoms with Gasteiger partial charge in [0.05, 0.1) is 12.3 Å². The first-order valence-electron chi connectivity index (χ1n) is 11.7. The van der Waals surface area contributed by atoms with E-state index in [4.69, 9.17) is 9.47 Å². The topological polar surface area (TPSA) is 80.8 Å². The molecular formula is C26H33N3O4. The van der Waals surface area contributed by atoms with Gasteiger partial charge in [-0.2, -0.15) is 0 Å². The molecule has 2 aliphatic rings. The Bertz CT molecular complexity index is 1020. The Morgan fingerprint density at radius 2 is 1.82 bits per heavy atom. The average molecular weight is 452 g/mol. The van der Waals surface area contributed by atoms with Crippen molar-refractivity contribution in [1.82, 2.24) is 10.3 Å². The second-order valence-electron chi connectivity index (χ2n) is 9.94. The number of carbonyl (C=O) groups excluding carboxylic acids is 2. The van der Waals surface area contributed by atoms with E-state index < -0.39 is 5.60 Å². The van der Waals surface area contributed by atoms with E-state index in [1.807, 2.05) is 52.2 Å². The summed E-state index contributed by atoms with van der Waals surface area (Å²) in [6, 6.07) is 8.32. The number of ether oxygens (including phenoxy) is 2. The zero-order chi connectivity index (χ0) is 23.6. The summed E-state index contributed by atoms with van der Waals surface area (Å²) in [6.07, 6.45) is 8.07. The van der Waals surface area contributed by atoms with Crippen LogP contribution in [0.5, 0.6) is 5.75 Å². The summed E-state index contributed by atoms with van der Waals surface area (Å²) in [5, 5.41) is 2.97. The van der Waals surface area contributed by atoms with E-state index in [-0.39, 0.29) is 24.1 Å². The summed E-state index contributed by atoms with van der Waals surface area (Å²) in [7, 11) is 1.83. The number of alkyl carbamates (subject to hydrolysis) is 1. The fourth-order valence-corrected chi connectivity index (χ4v) is 4.47. The lowest BCUT2D eigenvalue weighted by molar-refractivity contribution is -0.118. The molecule has 1 saturated carbocycles. The highest BCUT2D eigenvalue weighted by molar-refractivity contribution is 5.96. The molecule has 33 heavy (non-hydrogen) atoms. The zero-order valence-electron chi connectivity index (χ0n) is 19.9. The van der Waals surface area contributed by atoms with Crippen molar-refractivity contribution in [1.29, 1.82) is 0 Å². The Kier molecular flexibility index (Phi) is 6.58. The maximum atomic E-state index is 12.0. The number of aromatic nitrogens is 1. The van der Waals surface area contributed by atoms with Gasteiger partial charge in [0.1, 0.15) is 11.4 Å². The third kappa shape index (κ3) is 5.83. The molecule has 1 aliphatic heterocycles. The number of fused-ring (bicyclic) bond motifs is 1. The highest BCUT2D eigenvalue weighted by atomic mass is 16.6. The highest BCUT2D eigenvalue weighted by Gasteiger charge is 2.26. The molecular weight excluding hydrogens is 418 g/mol. The van der Waals surface area contributed by atoms with Crippen molar-refractivity contribution in [2.75, 3.05) is 11.9 Å². The van der Waals surface area contributed by atoms with Crippen molar-refractivity contribution >= 4 is 17.7 Å². The monoisotopic (exact) mass is 451 g/mol. The quantitative estimate of drug-likeness (QED) is 0.717. The molecule has 0 atom stereocenters. The van der Waals surface area contributed by atoms with Crippen LogP contribution in [-0.4, -0.2) is 41.8 Å². The SMILES string of the molecule is CN1C(=O)CCc2cc(-c3cncc(O[C@H]4CC[C@H](NC(=O)OC(C)(C)C)CC4)c3)ccc21. The Morgan fingerprint density at radius 1 is 1.06 bits per heavy atom. The predicted molar refractivity (Wildman–Crippen MR) is 127 cm³/mol. The number of pyridine rings is 1. The third-order valence-corrected chi connectivity index (χ3v) is 6.17. The van der Waals surface area contributed by atoms with Gasteiger partial charge >= 0.3 is 6.09 Å². The smallest absolute Gasteiger partial charge is 0.407 e. The molecule has 0 saturated heterocycles. The molecule has 176 valence electrons. The number of anilines is 1. The molecule has 2 amide bonds. The third-order valence-electron chi connectivity index (χ3n) is 6.17. The van der Waals surface area contributed by atoms with Crippen LogP contribution in [0.25, 0.3) is 11.1 Å². The number of amides is 2. The second kappa shape index (κ2) is 9.41. The van der Waals surface area contributed by atoms with Crippen molar-refractivity contribution in [3.8, 4) is 16.9 Å².